The molecule has 0 fully saturated rings. The molecule has 0 N–H and O–H groups in total. The number of thiophene rings is 1. The Morgan fingerprint density at radius 2 is 2.36 bits per heavy atom. The number of ether oxygens (including phenoxy) is 1. The van der Waals surface area contributed by atoms with Crippen molar-refractivity contribution in [2.45, 2.75) is 13.8 Å². The fourth-order valence-electron chi connectivity index (χ4n) is 0.539. The summed E-state index contributed by atoms with van der Waals surface area (Å²) in [6, 6.07) is 3.86. The average Bonchev–Trinajstić information content (AvgIpc) is 2.39. The largest absolute Gasteiger partial charge is 0.439 e. The molecule has 0 bridgehead atoms. The van der Waals surface area contributed by atoms with Gasteiger partial charge in [-0.2, -0.15) is 0 Å². The minimum atomic E-state index is 0.312. The summed E-state index contributed by atoms with van der Waals surface area (Å²) >= 11 is 6.57. The van der Waals surface area contributed by atoms with Gasteiger partial charge in [-0.15, -0.1) is 11.3 Å². The maximum absolute atomic E-state index is 5.37. The maximum atomic E-state index is 5.37. The Labute approximate surface area is 76.0 Å². The lowest BCUT2D eigenvalue weighted by molar-refractivity contribution is 0.537. The fourth-order valence-corrected chi connectivity index (χ4v) is 1.27. The van der Waals surface area contributed by atoms with Gasteiger partial charge in [0.2, 0.25) is 0 Å². The summed E-state index contributed by atoms with van der Waals surface area (Å²) in [6.07, 6.45) is 0. The predicted octanol–water partition coefficient (Wildman–Crippen LogP) is 3.11. The molecule has 0 saturated carbocycles. The molecule has 1 rings (SSSR count). The molecule has 3 heteroatoms. The van der Waals surface area contributed by atoms with Crippen LogP contribution in [0, 0.1) is 5.92 Å². The first kappa shape index (κ1) is 8.68. The smallest absolute Gasteiger partial charge is 0.181 e. The van der Waals surface area contributed by atoms with Gasteiger partial charge in [0, 0.05) is 5.92 Å². The Morgan fingerprint density at radius 1 is 1.64 bits per heavy atom. The summed E-state index contributed by atoms with van der Waals surface area (Å²) in [4.78, 5) is 0. The van der Waals surface area contributed by atoms with E-state index in [0.29, 0.717) is 11.0 Å². The Morgan fingerprint density at radius 3 is 2.82 bits per heavy atom. The molecule has 0 unspecified atom stereocenters. The highest BCUT2D eigenvalue weighted by Gasteiger charge is 2.04. The van der Waals surface area contributed by atoms with E-state index >= 15 is 0 Å². The molecule has 0 aliphatic heterocycles. The van der Waals surface area contributed by atoms with Crippen molar-refractivity contribution in [2.75, 3.05) is 0 Å². The summed E-state index contributed by atoms with van der Waals surface area (Å²) in [7, 11) is 0. The third kappa shape index (κ3) is 2.60. The molecular formula is C8H10OS2. The van der Waals surface area contributed by atoms with Crippen molar-refractivity contribution in [3.8, 4) is 5.06 Å². The normalized spacial score (nSPS) is 10.1. The molecule has 1 heterocycles. The van der Waals surface area contributed by atoms with Crippen molar-refractivity contribution in [3.05, 3.63) is 17.5 Å². The van der Waals surface area contributed by atoms with Gasteiger partial charge in [-0.3, -0.25) is 0 Å². The second-order valence-corrected chi connectivity index (χ2v) is 3.82. The van der Waals surface area contributed by atoms with Gasteiger partial charge in [0.05, 0.1) is 0 Å². The van der Waals surface area contributed by atoms with E-state index in [-0.39, 0.29) is 0 Å². The van der Waals surface area contributed by atoms with Crippen LogP contribution in [0.3, 0.4) is 0 Å². The topological polar surface area (TPSA) is 9.23 Å². The second kappa shape index (κ2) is 3.83. The molecule has 11 heavy (non-hydrogen) atoms. The van der Waals surface area contributed by atoms with Gasteiger partial charge in [0.1, 0.15) is 0 Å². The Hall–Kier alpha value is -0.410. The van der Waals surface area contributed by atoms with Crippen LogP contribution in [0.25, 0.3) is 0 Å². The zero-order valence-electron chi connectivity index (χ0n) is 6.53. The van der Waals surface area contributed by atoms with Crippen molar-refractivity contribution in [1.82, 2.24) is 0 Å². The third-order valence-corrected chi connectivity index (χ3v) is 2.47. The summed E-state index contributed by atoms with van der Waals surface area (Å²) in [6.45, 7) is 4.05. The molecule has 1 aromatic heterocycles. The van der Waals surface area contributed by atoms with Crippen LogP contribution in [0.4, 0.5) is 0 Å². The van der Waals surface area contributed by atoms with E-state index in [2.05, 4.69) is 0 Å². The van der Waals surface area contributed by atoms with Crippen molar-refractivity contribution in [1.29, 1.82) is 0 Å². The van der Waals surface area contributed by atoms with Crippen molar-refractivity contribution in [2.24, 2.45) is 5.92 Å². The van der Waals surface area contributed by atoms with Crippen LogP contribution in [0.15, 0.2) is 17.5 Å². The highest BCUT2D eigenvalue weighted by molar-refractivity contribution is 7.80. The predicted molar refractivity (Wildman–Crippen MR) is 52.4 cm³/mol. The monoisotopic (exact) mass is 186 g/mol. The molecule has 0 aliphatic carbocycles. The van der Waals surface area contributed by atoms with Crippen molar-refractivity contribution >= 4 is 28.6 Å². The van der Waals surface area contributed by atoms with Gasteiger partial charge in [-0.1, -0.05) is 13.8 Å². The number of hydrogen-bond donors (Lipinski definition) is 0. The molecule has 0 aromatic carbocycles. The van der Waals surface area contributed by atoms with Gasteiger partial charge >= 0.3 is 0 Å². The van der Waals surface area contributed by atoms with Crippen LogP contribution < -0.4 is 4.74 Å². The molecule has 0 saturated heterocycles. The third-order valence-electron chi connectivity index (χ3n) is 1.17. The van der Waals surface area contributed by atoms with E-state index in [0.717, 1.165) is 5.06 Å². The minimum absolute atomic E-state index is 0.312. The first-order chi connectivity index (χ1) is 5.20. The summed E-state index contributed by atoms with van der Waals surface area (Å²) in [5.41, 5.74) is 0. The van der Waals surface area contributed by atoms with Crippen LogP contribution in [0.2, 0.25) is 0 Å². The Bertz CT molecular complexity index is 226. The number of thiocarbonyl (C=S) groups is 1. The molecular weight excluding hydrogens is 176 g/mol. The van der Waals surface area contributed by atoms with E-state index in [1.54, 1.807) is 11.3 Å². The van der Waals surface area contributed by atoms with Crippen LogP contribution in [-0.4, -0.2) is 5.05 Å². The van der Waals surface area contributed by atoms with Crippen LogP contribution >= 0.6 is 23.6 Å². The lowest BCUT2D eigenvalue weighted by Crippen LogP contribution is -2.11. The number of hydrogen-bond acceptors (Lipinski definition) is 3. The maximum Gasteiger partial charge on any atom is 0.181 e. The van der Waals surface area contributed by atoms with Gasteiger partial charge in [-0.25, -0.2) is 0 Å². The molecule has 0 atom stereocenters. The summed E-state index contributed by atoms with van der Waals surface area (Å²) < 4.78 is 5.37. The molecule has 0 amide bonds. The Balaban J connectivity index is 2.50. The van der Waals surface area contributed by atoms with Gasteiger partial charge < -0.3 is 4.74 Å². The van der Waals surface area contributed by atoms with Gasteiger partial charge in [-0.05, 0) is 29.7 Å². The highest BCUT2D eigenvalue weighted by Crippen LogP contribution is 2.19. The van der Waals surface area contributed by atoms with E-state index in [4.69, 9.17) is 17.0 Å². The quantitative estimate of drug-likeness (QED) is 0.656. The molecule has 1 aromatic rings. The van der Waals surface area contributed by atoms with E-state index in [1.807, 2.05) is 31.4 Å². The van der Waals surface area contributed by atoms with Crippen molar-refractivity contribution < 1.29 is 4.74 Å². The SMILES string of the molecule is CC(C)C(=S)Oc1cccs1. The summed E-state index contributed by atoms with van der Waals surface area (Å²) in [5.74, 6) is 0.312. The second-order valence-electron chi connectivity index (χ2n) is 2.51. The molecule has 1 nitrogen and oxygen atoms in total. The molecule has 0 spiro atoms. The summed E-state index contributed by atoms with van der Waals surface area (Å²) in [5, 5.41) is 3.51. The zero-order chi connectivity index (χ0) is 8.27. The van der Waals surface area contributed by atoms with Crippen LogP contribution in [-0.2, 0) is 0 Å². The van der Waals surface area contributed by atoms with E-state index in [9.17, 15) is 0 Å². The lowest BCUT2D eigenvalue weighted by Gasteiger charge is -2.06. The van der Waals surface area contributed by atoms with E-state index in [1.165, 1.54) is 0 Å². The molecule has 0 aliphatic rings. The molecule has 60 valence electrons. The Kier molecular flexibility index (Phi) is 3.02. The fraction of sp³-hybridized carbons (Fsp3) is 0.375. The zero-order valence-corrected chi connectivity index (χ0v) is 8.17. The van der Waals surface area contributed by atoms with Gasteiger partial charge in [0.15, 0.2) is 10.1 Å². The standard InChI is InChI=1S/C8H10OS2/c1-6(2)8(10)9-7-4-3-5-11-7/h3-6H,1-2H3. The van der Waals surface area contributed by atoms with Crippen molar-refractivity contribution in [3.63, 3.8) is 0 Å². The average molecular weight is 186 g/mol. The van der Waals surface area contributed by atoms with E-state index < -0.39 is 0 Å². The minimum Gasteiger partial charge on any atom is -0.439 e. The van der Waals surface area contributed by atoms with Gasteiger partial charge in [0.25, 0.3) is 0 Å². The highest BCUT2D eigenvalue weighted by atomic mass is 32.1. The number of rotatable bonds is 2. The first-order valence-electron chi connectivity index (χ1n) is 3.45. The van der Waals surface area contributed by atoms with Crippen LogP contribution in [0.5, 0.6) is 5.06 Å². The first-order valence-corrected chi connectivity index (χ1v) is 4.74. The lowest BCUT2D eigenvalue weighted by atomic mass is 10.2. The van der Waals surface area contributed by atoms with Crippen LogP contribution in [0.1, 0.15) is 13.8 Å². The molecule has 0 radical (unpaired) electrons.